The molecule has 0 unspecified atom stereocenters. The van der Waals surface area contributed by atoms with Crippen LogP contribution in [-0.2, 0) is 16.1 Å². The smallest absolute Gasteiger partial charge is 0.286 e. The number of hydrogen-bond acceptors (Lipinski definition) is 9. The third-order valence-electron chi connectivity index (χ3n) is 7.28. The van der Waals surface area contributed by atoms with Crippen LogP contribution in [0.25, 0.3) is 0 Å². The summed E-state index contributed by atoms with van der Waals surface area (Å²) in [5.41, 5.74) is 1.72. The molecule has 0 bridgehead atoms. The molecule has 2 aliphatic rings. The number of rotatable bonds is 11. The third kappa shape index (κ3) is 8.12. The van der Waals surface area contributed by atoms with E-state index in [4.69, 9.17) is 9.15 Å². The lowest BCUT2D eigenvalue weighted by Crippen LogP contribution is -2.52. The highest BCUT2D eigenvalue weighted by molar-refractivity contribution is 7.98. The minimum absolute atomic E-state index is 0.101. The molecule has 2 aromatic rings. The van der Waals surface area contributed by atoms with E-state index in [1.165, 1.54) is 11.8 Å². The van der Waals surface area contributed by atoms with E-state index in [2.05, 4.69) is 25.7 Å². The van der Waals surface area contributed by atoms with Gasteiger partial charge in [-0.3, -0.25) is 19.3 Å². The molecule has 0 spiro atoms. The summed E-state index contributed by atoms with van der Waals surface area (Å²) in [6.07, 6.45) is 5.41. The predicted octanol–water partition coefficient (Wildman–Crippen LogP) is 3.33. The van der Waals surface area contributed by atoms with Crippen LogP contribution in [0.15, 0.2) is 33.9 Å². The first-order valence-electron chi connectivity index (χ1n) is 13.8. The number of carbonyl (C=O) groups excluding carboxylic acids is 3. The number of benzene rings is 1. The van der Waals surface area contributed by atoms with Crippen molar-refractivity contribution < 1.29 is 23.5 Å². The molecule has 1 aromatic heterocycles. The molecule has 1 aromatic carbocycles. The molecule has 2 N–H and O–H groups in total. The number of hydrogen-bond donors (Lipinski definition) is 2. The van der Waals surface area contributed by atoms with Crippen LogP contribution in [0.2, 0.25) is 0 Å². The van der Waals surface area contributed by atoms with Crippen molar-refractivity contribution in [2.45, 2.75) is 69.8 Å². The molecule has 2 amide bonds. The third-order valence-corrected chi connectivity index (χ3v) is 7.79. The van der Waals surface area contributed by atoms with Gasteiger partial charge in [0.25, 0.3) is 17.0 Å². The van der Waals surface area contributed by atoms with E-state index >= 15 is 0 Å². The van der Waals surface area contributed by atoms with Crippen molar-refractivity contribution in [1.29, 1.82) is 0 Å². The van der Waals surface area contributed by atoms with E-state index < -0.39 is 17.7 Å². The maximum atomic E-state index is 13.5. The number of Topliss-reactive ketones (excluding diaryl/α,β-unsaturated/α-hetero) is 1. The fourth-order valence-corrected chi connectivity index (χ4v) is 5.46. The van der Waals surface area contributed by atoms with Crippen LogP contribution in [0.1, 0.15) is 72.6 Å². The number of nitrogens with one attached hydrogen (secondary N) is 2. The Morgan fingerprint density at radius 2 is 1.79 bits per heavy atom. The first-order chi connectivity index (χ1) is 18.8. The van der Waals surface area contributed by atoms with Gasteiger partial charge in [0.2, 0.25) is 11.7 Å². The summed E-state index contributed by atoms with van der Waals surface area (Å²) < 4.78 is 10.8. The molecular formula is C28H39N5O5S. The number of carbonyl (C=O) groups is 3. The minimum atomic E-state index is -0.773. The molecule has 212 valence electrons. The maximum absolute atomic E-state index is 13.5. The molecule has 1 aliphatic carbocycles. The Kier molecular flexibility index (Phi) is 10.5. The van der Waals surface area contributed by atoms with E-state index in [1.807, 2.05) is 38.1 Å². The number of nitrogens with zero attached hydrogens (tertiary/aromatic N) is 3. The minimum Gasteiger partial charge on any atom is -0.408 e. The second-order valence-electron chi connectivity index (χ2n) is 10.7. The van der Waals surface area contributed by atoms with Crippen LogP contribution in [0.3, 0.4) is 0 Å². The zero-order valence-electron chi connectivity index (χ0n) is 23.0. The van der Waals surface area contributed by atoms with E-state index in [0.29, 0.717) is 30.0 Å². The van der Waals surface area contributed by atoms with Crippen LogP contribution in [0.4, 0.5) is 0 Å². The zero-order chi connectivity index (χ0) is 27.8. The Morgan fingerprint density at radius 3 is 2.46 bits per heavy atom. The number of morpholine rings is 1. The summed E-state index contributed by atoms with van der Waals surface area (Å²) in [6.45, 7) is 8.12. The van der Waals surface area contributed by atoms with Crippen molar-refractivity contribution in [3.63, 3.8) is 0 Å². The van der Waals surface area contributed by atoms with E-state index in [0.717, 1.165) is 51.3 Å². The van der Waals surface area contributed by atoms with Crippen molar-refractivity contribution in [2.24, 2.45) is 11.8 Å². The first-order valence-corrected chi connectivity index (χ1v) is 15.0. The van der Waals surface area contributed by atoms with Gasteiger partial charge in [0.15, 0.2) is 0 Å². The monoisotopic (exact) mass is 557 g/mol. The summed E-state index contributed by atoms with van der Waals surface area (Å²) in [4.78, 5) is 42.0. The maximum Gasteiger partial charge on any atom is 0.286 e. The van der Waals surface area contributed by atoms with Gasteiger partial charge in [-0.05, 0) is 49.1 Å². The molecule has 0 radical (unpaired) electrons. The lowest BCUT2D eigenvalue weighted by Gasteiger charge is -2.32. The summed E-state index contributed by atoms with van der Waals surface area (Å²) in [6, 6.07) is 6.57. The zero-order valence-corrected chi connectivity index (χ0v) is 23.8. The van der Waals surface area contributed by atoms with Gasteiger partial charge in [-0.15, -0.1) is 10.2 Å². The first kappa shape index (κ1) is 29.2. The molecule has 1 saturated carbocycles. The molecule has 39 heavy (non-hydrogen) atoms. The lowest BCUT2D eigenvalue weighted by atomic mass is 9.83. The standard InChI is InChI=1S/C28H39N5O5S/c1-18(2)16-23(24(34)27-31-32-28(38-27)39-3)30-26(36)21-6-4-5-7-22(21)29-25(35)20-10-8-19(9-11-20)17-33-12-14-37-15-13-33/h8-11,18,21-23H,4-7,12-17H2,1-3H3,(H,29,35)(H,30,36)/t21-,22+,23+/m1/s1. The second-order valence-corrected chi connectivity index (χ2v) is 11.4. The molecule has 3 atom stereocenters. The van der Waals surface area contributed by atoms with Crippen LogP contribution >= 0.6 is 11.8 Å². The highest BCUT2D eigenvalue weighted by Gasteiger charge is 2.35. The summed E-state index contributed by atoms with van der Waals surface area (Å²) in [5.74, 6) is -1.17. The van der Waals surface area contributed by atoms with Gasteiger partial charge in [0.1, 0.15) is 0 Å². The molecule has 1 aliphatic heterocycles. The summed E-state index contributed by atoms with van der Waals surface area (Å²) >= 11 is 1.26. The van der Waals surface area contributed by atoms with E-state index in [9.17, 15) is 14.4 Å². The van der Waals surface area contributed by atoms with Gasteiger partial charge < -0.3 is 19.8 Å². The highest BCUT2D eigenvalue weighted by atomic mass is 32.2. The highest BCUT2D eigenvalue weighted by Crippen LogP contribution is 2.26. The molecule has 11 heteroatoms. The van der Waals surface area contributed by atoms with E-state index in [-0.39, 0.29) is 29.7 Å². The molecule has 10 nitrogen and oxygen atoms in total. The van der Waals surface area contributed by atoms with Crippen molar-refractivity contribution in [3.8, 4) is 0 Å². The van der Waals surface area contributed by atoms with Crippen LogP contribution in [0.5, 0.6) is 0 Å². The van der Waals surface area contributed by atoms with Crippen LogP contribution < -0.4 is 10.6 Å². The average molecular weight is 558 g/mol. The van der Waals surface area contributed by atoms with Crippen molar-refractivity contribution in [2.75, 3.05) is 32.6 Å². The Balaban J connectivity index is 1.38. The molecule has 1 saturated heterocycles. The van der Waals surface area contributed by atoms with Gasteiger partial charge >= 0.3 is 0 Å². The normalized spacial score (nSPS) is 20.9. The average Bonchev–Trinajstić information content (AvgIpc) is 3.43. The SMILES string of the molecule is CSc1nnc(C(=O)[C@H](CC(C)C)NC(=O)[C@@H]2CCCC[C@@H]2NC(=O)c2ccc(CN3CCOCC3)cc2)o1. The van der Waals surface area contributed by atoms with Gasteiger partial charge in [0, 0.05) is 31.2 Å². The summed E-state index contributed by atoms with van der Waals surface area (Å²) in [7, 11) is 0. The number of amides is 2. The Bertz CT molecular complexity index is 1120. The Hall–Kier alpha value is -2.76. The number of ketones is 1. The lowest BCUT2D eigenvalue weighted by molar-refractivity contribution is -0.127. The topological polar surface area (TPSA) is 127 Å². The van der Waals surface area contributed by atoms with Gasteiger partial charge in [-0.1, -0.05) is 50.6 Å². The number of ether oxygens (including phenoxy) is 1. The van der Waals surface area contributed by atoms with Crippen LogP contribution in [-0.4, -0.2) is 77.3 Å². The number of aromatic nitrogens is 2. The largest absolute Gasteiger partial charge is 0.408 e. The molecule has 4 rings (SSSR count). The quantitative estimate of drug-likeness (QED) is 0.316. The van der Waals surface area contributed by atoms with Gasteiger partial charge in [0.05, 0.1) is 25.2 Å². The van der Waals surface area contributed by atoms with Crippen molar-refractivity contribution in [1.82, 2.24) is 25.7 Å². The van der Waals surface area contributed by atoms with Crippen molar-refractivity contribution >= 4 is 29.4 Å². The Morgan fingerprint density at radius 1 is 1.08 bits per heavy atom. The predicted molar refractivity (Wildman–Crippen MR) is 148 cm³/mol. The van der Waals surface area contributed by atoms with Gasteiger partial charge in [-0.25, -0.2) is 0 Å². The Labute approximate surface area is 234 Å². The second kappa shape index (κ2) is 14.0. The molecular weight excluding hydrogens is 518 g/mol. The fourth-order valence-electron chi connectivity index (χ4n) is 5.17. The fraction of sp³-hybridized carbons (Fsp3) is 0.607. The molecule has 2 fully saturated rings. The van der Waals surface area contributed by atoms with Crippen LogP contribution in [0, 0.1) is 11.8 Å². The van der Waals surface area contributed by atoms with Gasteiger partial charge in [-0.2, -0.15) is 0 Å². The summed E-state index contributed by atoms with van der Waals surface area (Å²) in [5, 5.41) is 14.1. The number of thioether (sulfide) groups is 1. The molecule has 2 heterocycles. The van der Waals surface area contributed by atoms with Crippen molar-refractivity contribution in [3.05, 3.63) is 41.3 Å². The van der Waals surface area contributed by atoms with E-state index in [1.54, 1.807) is 6.26 Å².